The molecule has 0 unspecified atom stereocenters. The molecule has 2 aromatic carbocycles. The largest absolute Gasteiger partial charge is 0.380 e. The topological polar surface area (TPSA) is 111 Å². The molecule has 6 rings (SSSR count). The molecule has 41 heavy (non-hydrogen) atoms. The van der Waals surface area contributed by atoms with Gasteiger partial charge in [0.1, 0.15) is 5.76 Å². The number of aromatic nitrogens is 3. The number of nitrogens with zero attached hydrogens (tertiary/aromatic N) is 3. The molecule has 0 atom stereocenters. The Morgan fingerprint density at radius 3 is 2.44 bits per heavy atom. The van der Waals surface area contributed by atoms with Crippen LogP contribution in [0.2, 0.25) is 0 Å². The molecule has 3 aromatic heterocycles. The van der Waals surface area contributed by atoms with E-state index in [1.54, 1.807) is 38.4 Å². The molecule has 5 aromatic rings. The van der Waals surface area contributed by atoms with Gasteiger partial charge in [-0.3, -0.25) is 14.4 Å². The van der Waals surface area contributed by atoms with E-state index in [0.29, 0.717) is 35.0 Å². The summed E-state index contributed by atoms with van der Waals surface area (Å²) in [5.41, 5.74) is 5.98. The van der Waals surface area contributed by atoms with Crippen LogP contribution in [0.5, 0.6) is 0 Å². The quantitative estimate of drug-likeness (QED) is 0.279. The molecule has 0 spiro atoms. The number of fused-ring (bicyclic) bond motifs is 1. The van der Waals surface area contributed by atoms with Gasteiger partial charge in [0.05, 0.1) is 11.1 Å². The number of benzene rings is 2. The fourth-order valence-corrected chi connectivity index (χ4v) is 5.42. The van der Waals surface area contributed by atoms with E-state index in [-0.39, 0.29) is 17.4 Å². The Morgan fingerprint density at radius 2 is 1.76 bits per heavy atom. The summed E-state index contributed by atoms with van der Waals surface area (Å²) in [7, 11) is 3.21. The average Bonchev–Trinajstić information content (AvgIpc) is 3.69. The second-order valence-corrected chi connectivity index (χ2v) is 10.4. The smallest absolute Gasteiger partial charge is 0.290 e. The highest BCUT2D eigenvalue weighted by atomic mass is 16.5. The van der Waals surface area contributed by atoms with Gasteiger partial charge in [-0.2, -0.15) is 4.74 Å². The van der Waals surface area contributed by atoms with E-state index in [1.807, 2.05) is 44.2 Å². The van der Waals surface area contributed by atoms with Crippen LogP contribution in [0.25, 0.3) is 33.3 Å². The number of carbonyl (C=O) groups is 2. The minimum absolute atomic E-state index is 0.125. The van der Waals surface area contributed by atoms with Crippen molar-refractivity contribution in [3.8, 4) is 22.4 Å². The molecule has 0 saturated heterocycles. The van der Waals surface area contributed by atoms with Gasteiger partial charge in [0.25, 0.3) is 17.4 Å². The molecule has 1 fully saturated rings. The number of aryl methyl sites for hydroxylation is 3. The van der Waals surface area contributed by atoms with Crippen molar-refractivity contribution in [2.45, 2.75) is 39.2 Å². The van der Waals surface area contributed by atoms with Crippen LogP contribution in [-0.2, 0) is 13.6 Å². The summed E-state index contributed by atoms with van der Waals surface area (Å²) in [6.07, 6.45) is 2.08. The summed E-state index contributed by atoms with van der Waals surface area (Å²) in [5.74, 6) is 0.495. The Kier molecular flexibility index (Phi) is 6.57. The van der Waals surface area contributed by atoms with E-state index >= 15 is 0 Å². The third-order valence-electron chi connectivity index (χ3n) is 7.54. The van der Waals surface area contributed by atoms with E-state index in [9.17, 15) is 14.4 Å². The lowest BCUT2D eigenvalue weighted by Crippen LogP contribution is -2.19. The molecule has 1 aliphatic carbocycles. The van der Waals surface area contributed by atoms with Gasteiger partial charge in [-0.1, -0.05) is 30.3 Å². The second kappa shape index (κ2) is 10.2. The van der Waals surface area contributed by atoms with Crippen molar-refractivity contribution in [1.82, 2.24) is 19.6 Å². The van der Waals surface area contributed by atoms with Gasteiger partial charge in [0, 0.05) is 54.6 Å². The van der Waals surface area contributed by atoms with Gasteiger partial charge in [-0.15, -0.1) is 0 Å². The van der Waals surface area contributed by atoms with Crippen LogP contribution < -0.4 is 16.2 Å². The predicted octanol–water partition coefficient (Wildman–Crippen LogP) is 5.48. The fraction of sp³-hybridized carbons (Fsp3) is 0.250. The number of anilines is 1. The van der Waals surface area contributed by atoms with Gasteiger partial charge in [-0.25, -0.2) is 4.98 Å². The molecule has 2 N–H and O–H groups in total. The average molecular weight is 550 g/mol. The van der Waals surface area contributed by atoms with Crippen LogP contribution in [0.4, 0.5) is 5.69 Å². The van der Waals surface area contributed by atoms with Gasteiger partial charge in [0.15, 0.2) is 5.69 Å². The molecule has 1 aliphatic rings. The Labute approximate surface area is 236 Å². The lowest BCUT2D eigenvalue weighted by molar-refractivity contribution is 0.0961. The lowest BCUT2D eigenvalue weighted by Gasteiger charge is -2.12. The Morgan fingerprint density at radius 1 is 1.02 bits per heavy atom. The van der Waals surface area contributed by atoms with E-state index in [1.165, 1.54) is 4.74 Å². The van der Waals surface area contributed by atoms with Gasteiger partial charge < -0.3 is 19.7 Å². The zero-order chi connectivity index (χ0) is 28.8. The van der Waals surface area contributed by atoms with Crippen molar-refractivity contribution in [3.63, 3.8) is 0 Å². The second-order valence-electron chi connectivity index (χ2n) is 10.4. The maximum absolute atomic E-state index is 13.5. The van der Waals surface area contributed by atoms with Crippen LogP contribution in [0.1, 0.15) is 58.0 Å². The monoisotopic (exact) mass is 549 g/mol. The standard InChI is InChI=1S/C32H31N5O4/c1-5-37-25(19-9-11-20(12-10-19)26-29(21-13-14-21)41-36(4)32(26)40)17-23-15-18(2)34-27(28(23)37)31(39)35-24-8-6-7-22(16-24)30(38)33-3/h6-12,15-17,21H,5,13-14H2,1-4H3,(H,33,38)(H,35,39). The summed E-state index contributed by atoms with van der Waals surface area (Å²) >= 11 is 0. The molecule has 9 nitrogen and oxygen atoms in total. The Balaban J connectivity index is 1.38. The molecule has 0 bridgehead atoms. The molecule has 0 aliphatic heterocycles. The highest BCUT2D eigenvalue weighted by Gasteiger charge is 2.33. The molecular weight excluding hydrogens is 518 g/mol. The third-order valence-corrected chi connectivity index (χ3v) is 7.54. The summed E-state index contributed by atoms with van der Waals surface area (Å²) in [6.45, 7) is 4.51. The maximum atomic E-state index is 13.5. The normalized spacial score (nSPS) is 13.0. The van der Waals surface area contributed by atoms with Gasteiger partial charge >= 0.3 is 0 Å². The minimum atomic E-state index is -0.356. The summed E-state index contributed by atoms with van der Waals surface area (Å²) in [5, 5.41) is 6.42. The predicted molar refractivity (Wildman–Crippen MR) is 158 cm³/mol. The first-order valence-corrected chi connectivity index (χ1v) is 13.7. The van der Waals surface area contributed by atoms with Crippen LogP contribution in [0.15, 0.2) is 70.0 Å². The zero-order valence-corrected chi connectivity index (χ0v) is 23.4. The van der Waals surface area contributed by atoms with Crippen LogP contribution in [-0.4, -0.2) is 33.2 Å². The molecule has 3 heterocycles. The number of nitrogens with one attached hydrogen (secondary N) is 2. The number of rotatable bonds is 7. The highest BCUT2D eigenvalue weighted by molar-refractivity contribution is 6.12. The van der Waals surface area contributed by atoms with Gasteiger partial charge in [-0.05, 0) is 68.1 Å². The molecule has 208 valence electrons. The minimum Gasteiger partial charge on any atom is -0.380 e. The molecular formula is C32H31N5O4. The maximum Gasteiger partial charge on any atom is 0.290 e. The van der Waals surface area contributed by atoms with Gasteiger partial charge in [0.2, 0.25) is 0 Å². The van der Waals surface area contributed by atoms with Crippen molar-refractivity contribution in [2.24, 2.45) is 7.05 Å². The van der Waals surface area contributed by atoms with E-state index < -0.39 is 0 Å². The SMILES string of the molecule is CCn1c(-c2ccc(-c3c(C4CC4)on(C)c3=O)cc2)cc2cc(C)nc(C(=O)Nc3cccc(C(=O)NC)c3)c21. The molecule has 9 heteroatoms. The molecule has 2 amide bonds. The number of amides is 2. The fourth-order valence-electron chi connectivity index (χ4n) is 5.42. The lowest BCUT2D eigenvalue weighted by atomic mass is 10.0. The van der Waals surface area contributed by atoms with Crippen molar-refractivity contribution in [2.75, 3.05) is 12.4 Å². The van der Waals surface area contributed by atoms with E-state index in [2.05, 4.69) is 26.3 Å². The summed E-state index contributed by atoms with van der Waals surface area (Å²) < 4.78 is 9.15. The summed E-state index contributed by atoms with van der Waals surface area (Å²) in [4.78, 5) is 43.1. The number of hydrogen-bond acceptors (Lipinski definition) is 5. The van der Waals surface area contributed by atoms with Crippen LogP contribution >= 0.6 is 0 Å². The Bertz CT molecular complexity index is 1870. The zero-order valence-electron chi connectivity index (χ0n) is 23.4. The number of pyridine rings is 1. The third kappa shape index (κ3) is 4.73. The van der Waals surface area contributed by atoms with Crippen molar-refractivity contribution >= 4 is 28.4 Å². The number of hydrogen-bond donors (Lipinski definition) is 2. The van der Waals surface area contributed by atoms with Crippen LogP contribution in [0.3, 0.4) is 0 Å². The first-order valence-electron chi connectivity index (χ1n) is 13.7. The molecule has 0 radical (unpaired) electrons. The Hall–Kier alpha value is -4.92. The number of carbonyl (C=O) groups excluding carboxylic acids is 2. The van der Waals surface area contributed by atoms with E-state index in [0.717, 1.165) is 52.0 Å². The first-order chi connectivity index (χ1) is 19.8. The van der Waals surface area contributed by atoms with Crippen molar-refractivity contribution in [3.05, 3.63) is 93.7 Å². The van der Waals surface area contributed by atoms with Crippen LogP contribution in [0, 0.1) is 6.92 Å². The van der Waals surface area contributed by atoms with Crippen molar-refractivity contribution < 1.29 is 14.1 Å². The highest BCUT2D eigenvalue weighted by Crippen LogP contribution is 2.44. The molecule has 1 saturated carbocycles. The first kappa shape index (κ1) is 26.3. The van der Waals surface area contributed by atoms with E-state index in [4.69, 9.17) is 4.52 Å². The van der Waals surface area contributed by atoms with Crippen molar-refractivity contribution in [1.29, 1.82) is 0 Å². The summed E-state index contributed by atoms with van der Waals surface area (Å²) in [6, 6.07) is 18.8.